The summed E-state index contributed by atoms with van der Waals surface area (Å²) in [5.74, 6) is -0.227. The van der Waals surface area contributed by atoms with E-state index in [-0.39, 0.29) is 23.5 Å². The van der Waals surface area contributed by atoms with Gasteiger partial charge >= 0.3 is 0 Å². The van der Waals surface area contributed by atoms with Crippen LogP contribution in [-0.4, -0.2) is 48.0 Å². The van der Waals surface area contributed by atoms with Gasteiger partial charge in [-0.2, -0.15) is 0 Å². The maximum absolute atomic E-state index is 13.4. The molecule has 0 unspecified atom stereocenters. The summed E-state index contributed by atoms with van der Waals surface area (Å²) in [6.07, 6.45) is 7.95. The molecule has 36 heavy (non-hydrogen) atoms. The first-order valence-electron chi connectivity index (χ1n) is 12.4. The molecule has 2 heterocycles. The molecule has 1 N–H and O–H groups in total. The maximum Gasteiger partial charge on any atom is 0.274 e. The fourth-order valence-electron chi connectivity index (χ4n) is 4.13. The van der Waals surface area contributed by atoms with Crippen molar-refractivity contribution in [3.05, 3.63) is 82.2 Å². The first-order valence-corrected chi connectivity index (χ1v) is 13.2. The molecule has 0 saturated carbocycles. The number of amides is 2. The van der Waals surface area contributed by atoms with Gasteiger partial charge in [-0.3, -0.25) is 9.59 Å². The van der Waals surface area contributed by atoms with Gasteiger partial charge in [0, 0.05) is 42.3 Å². The Morgan fingerprint density at radius 1 is 1.25 bits per heavy atom. The first kappa shape index (κ1) is 27.5. The van der Waals surface area contributed by atoms with E-state index >= 15 is 0 Å². The largest absolute Gasteiger partial charge is 0.381 e. The van der Waals surface area contributed by atoms with E-state index < -0.39 is 0 Å². The van der Waals surface area contributed by atoms with E-state index in [1.807, 2.05) is 24.8 Å². The van der Waals surface area contributed by atoms with Crippen LogP contribution >= 0.6 is 11.3 Å². The molecule has 1 aromatic carbocycles. The van der Waals surface area contributed by atoms with Gasteiger partial charge in [0.25, 0.3) is 5.91 Å². The number of hydrogen-bond donors (Lipinski definition) is 1. The average Bonchev–Trinajstić information content (AvgIpc) is 3.40. The third-order valence-electron chi connectivity index (χ3n) is 6.11. The molecule has 0 spiro atoms. The van der Waals surface area contributed by atoms with Crippen molar-refractivity contribution >= 4 is 28.7 Å². The van der Waals surface area contributed by atoms with Crippen molar-refractivity contribution in [3.63, 3.8) is 0 Å². The maximum atomic E-state index is 13.4. The molecule has 8 heteroatoms. The van der Waals surface area contributed by atoms with Crippen molar-refractivity contribution in [2.24, 2.45) is 0 Å². The number of nitrogens with one attached hydrogen (secondary N) is 1. The number of benzene rings is 1. The van der Waals surface area contributed by atoms with E-state index in [9.17, 15) is 14.0 Å². The highest BCUT2D eigenvalue weighted by Crippen LogP contribution is 2.31. The van der Waals surface area contributed by atoms with Gasteiger partial charge in [-0.15, -0.1) is 11.3 Å². The number of carbonyl (C=O) groups excluding carboxylic acids is 2. The van der Waals surface area contributed by atoms with E-state index in [1.54, 1.807) is 29.7 Å². The fourth-order valence-corrected chi connectivity index (χ4v) is 5.10. The quantitative estimate of drug-likeness (QED) is 0.310. The van der Waals surface area contributed by atoms with Gasteiger partial charge in [-0.1, -0.05) is 43.9 Å². The Kier molecular flexibility index (Phi) is 10.6. The molecular weight excluding hydrogens is 477 g/mol. The highest BCUT2D eigenvalue weighted by atomic mass is 32.1. The predicted molar refractivity (Wildman–Crippen MR) is 142 cm³/mol. The van der Waals surface area contributed by atoms with Crippen molar-refractivity contribution in [2.75, 3.05) is 26.3 Å². The van der Waals surface area contributed by atoms with Crippen molar-refractivity contribution in [1.82, 2.24) is 15.2 Å². The number of thiazole rings is 1. The molecule has 6 nitrogen and oxygen atoms in total. The monoisotopic (exact) mass is 511 g/mol. The topological polar surface area (TPSA) is 71.5 Å². The van der Waals surface area contributed by atoms with Crippen molar-refractivity contribution in [1.29, 1.82) is 0 Å². The zero-order chi connectivity index (χ0) is 25.9. The number of nitrogens with zero attached hydrogens (tertiary/aromatic N) is 2. The van der Waals surface area contributed by atoms with Gasteiger partial charge < -0.3 is 15.0 Å². The van der Waals surface area contributed by atoms with Crippen LogP contribution in [0.5, 0.6) is 0 Å². The second-order valence-corrected chi connectivity index (χ2v) is 9.36. The van der Waals surface area contributed by atoms with E-state index in [1.165, 1.54) is 23.5 Å². The SMILES string of the molecule is C=C/C=C\C(=C(/CC)NC(=O)c1csc(C2CCN(C(=O)CCOCC)CC2)n1)c1ccc(F)cc1. The van der Waals surface area contributed by atoms with Crippen LogP contribution in [0.1, 0.15) is 66.5 Å². The van der Waals surface area contributed by atoms with Crippen LogP contribution in [0, 0.1) is 5.82 Å². The van der Waals surface area contributed by atoms with Gasteiger partial charge in [0.05, 0.1) is 18.0 Å². The smallest absolute Gasteiger partial charge is 0.274 e. The molecule has 0 radical (unpaired) electrons. The number of ether oxygens (including phenoxy) is 1. The third kappa shape index (κ3) is 7.45. The van der Waals surface area contributed by atoms with E-state index in [2.05, 4.69) is 16.9 Å². The number of rotatable bonds is 11. The van der Waals surface area contributed by atoms with Crippen LogP contribution in [0.3, 0.4) is 0 Å². The van der Waals surface area contributed by atoms with Crippen LogP contribution in [-0.2, 0) is 9.53 Å². The summed E-state index contributed by atoms with van der Waals surface area (Å²) in [5.41, 5.74) is 2.69. The molecular formula is C28H34FN3O3S. The molecule has 1 fully saturated rings. The Labute approximate surface area is 216 Å². The third-order valence-corrected chi connectivity index (χ3v) is 7.12. The molecule has 192 valence electrons. The second-order valence-electron chi connectivity index (χ2n) is 8.47. The number of allylic oxidation sites excluding steroid dienone is 5. The number of halogens is 1. The standard InChI is InChI=1S/C28H34FN3O3S/c1-4-7-8-23(20-9-11-22(29)12-10-20)24(5-2)30-27(34)25-19-36-28(31-25)21-13-16-32(17-14-21)26(33)15-18-35-6-3/h4,7-12,19,21H,1,5-6,13-18H2,2-3H3,(H,30,34)/b8-7-,24-23-. The normalized spacial score (nSPS) is 15.1. The average molecular weight is 512 g/mol. The Morgan fingerprint density at radius 2 is 1.97 bits per heavy atom. The molecule has 0 bridgehead atoms. The lowest BCUT2D eigenvalue weighted by molar-refractivity contribution is -0.133. The summed E-state index contributed by atoms with van der Waals surface area (Å²) < 4.78 is 18.7. The zero-order valence-electron chi connectivity index (χ0n) is 21.0. The summed E-state index contributed by atoms with van der Waals surface area (Å²) in [4.78, 5) is 31.9. The number of piperidine rings is 1. The molecule has 3 rings (SSSR count). The molecule has 0 aliphatic carbocycles. The molecule has 1 aromatic heterocycles. The Bertz CT molecular complexity index is 1100. The molecule has 1 aliphatic heterocycles. The molecule has 1 saturated heterocycles. The van der Waals surface area contributed by atoms with Crippen molar-refractivity contribution < 1.29 is 18.7 Å². The van der Waals surface area contributed by atoms with Gasteiger partial charge in [0.2, 0.25) is 5.91 Å². The molecule has 1 aliphatic rings. The minimum absolute atomic E-state index is 0.127. The summed E-state index contributed by atoms with van der Waals surface area (Å²) in [7, 11) is 0. The van der Waals surface area contributed by atoms with Gasteiger partial charge in [0.1, 0.15) is 11.5 Å². The fraction of sp³-hybridized carbons (Fsp3) is 0.393. The van der Waals surface area contributed by atoms with Gasteiger partial charge in [-0.25, -0.2) is 9.37 Å². The zero-order valence-corrected chi connectivity index (χ0v) is 21.8. The lowest BCUT2D eigenvalue weighted by Gasteiger charge is -2.31. The minimum Gasteiger partial charge on any atom is -0.381 e. The van der Waals surface area contributed by atoms with Crippen molar-refractivity contribution in [2.45, 2.75) is 45.4 Å². The first-order chi connectivity index (χ1) is 17.5. The number of likely N-dealkylation sites (tertiary alicyclic amines) is 1. The van der Waals surface area contributed by atoms with E-state index in [4.69, 9.17) is 4.74 Å². The Balaban J connectivity index is 1.67. The number of hydrogen-bond acceptors (Lipinski definition) is 5. The van der Waals surface area contributed by atoms with Crippen LogP contribution in [0.25, 0.3) is 5.57 Å². The van der Waals surface area contributed by atoms with Crippen LogP contribution in [0.2, 0.25) is 0 Å². The summed E-state index contributed by atoms with van der Waals surface area (Å²) in [6.45, 7) is 10.0. The summed E-state index contributed by atoms with van der Waals surface area (Å²) >= 11 is 1.49. The highest BCUT2D eigenvalue weighted by molar-refractivity contribution is 7.09. The minimum atomic E-state index is -0.316. The van der Waals surface area contributed by atoms with Crippen LogP contribution < -0.4 is 5.32 Å². The predicted octanol–water partition coefficient (Wildman–Crippen LogP) is 5.71. The lowest BCUT2D eigenvalue weighted by atomic mass is 9.97. The number of aromatic nitrogens is 1. The lowest BCUT2D eigenvalue weighted by Crippen LogP contribution is -2.38. The van der Waals surface area contributed by atoms with Crippen LogP contribution in [0.15, 0.2) is 60.1 Å². The van der Waals surface area contributed by atoms with Crippen LogP contribution in [0.4, 0.5) is 4.39 Å². The molecule has 2 amide bonds. The van der Waals surface area contributed by atoms with Crippen molar-refractivity contribution in [3.8, 4) is 0 Å². The molecule has 0 atom stereocenters. The second kappa shape index (κ2) is 13.8. The highest BCUT2D eigenvalue weighted by Gasteiger charge is 2.26. The molecule has 2 aromatic rings. The van der Waals surface area contributed by atoms with E-state index in [0.29, 0.717) is 44.8 Å². The Morgan fingerprint density at radius 3 is 2.61 bits per heavy atom. The van der Waals surface area contributed by atoms with Gasteiger partial charge in [-0.05, 0) is 43.9 Å². The number of carbonyl (C=O) groups is 2. The summed E-state index contributed by atoms with van der Waals surface area (Å²) in [6, 6.07) is 6.18. The Hall–Kier alpha value is -3.10. The summed E-state index contributed by atoms with van der Waals surface area (Å²) in [5, 5.41) is 5.72. The van der Waals surface area contributed by atoms with E-state index in [0.717, 1.165) is 34.7 Å². The van der Waals surface area contributed by atoms with Gasteiger partial charge in [0.15, 0.2) is 0 Å².